The van der Waals surface area contributed by atoms with Crippen molar-refractivity contribution in [2.45, 2.75) is 63.8 Å². The van der Waals surface area contributed by atoms with Gasteiger partial charge in [-0.3, -0.25) is 9.69 Å². The van der Waals surface area contributed by atoms with Crippen LogP contribution in [0.25, 0.3) is 0 Å². The molecule has 2 unspecified atom stereocenters. The van der Waals surface area contributed by atoms with Gasteiger partial charge < -0.3 is 5.11 Å². The van der Waals surface area contributed by atoms with Crippen LogP contribution in [0, 0.1) is 5.92 Å². The van der Waals surface area contributed by atoms with Gasteiger partial charge in [0.05, 0.1) is 0 Å². The van der Waals surface area contributed by atoms with E-state index in [1.807, 2.05) is 0 Å². The van der Waals surface area contributed by atoms with Crippen molar-refractivity contribution < 1.29 is 9.90 Å². The lowest BCUT2D eigenvalue weighted by atomic mass is 9.86. The average Bonchev–Trinajstić information content (AvgIpc) is 2.53. The van der Waals surface area contributed by atoms with E-state index in [0.29, 0.717) is 5.92 Å². The van der Waals surface area contributed by atoms with Crippen LogP contribution in [0.5, 0.6) is 0 Å². The minimum Gasteiger partial charge on any atom is -0.480 e. The summed E-state index contributed by atoms with van der Waals surface area (Å²) >= 11 is 0. The summed E-state index contributed by atoms with van der Waals surface area (Å²) in [7, 11) is 0. The van der Waals surface area contributed by atoms with E-state index in [1.54, 1.807) is 0 Å². The molecular weight excluding hydrogens is 214 g/mol. The van der Waals surface area contributed by atoms with Crippen LogP contribution in [-0.2, 0) is 4.79 Å². The molecule has 1 aliphatic carbocycles. The van der Waals surface area contributed by atoms with Crippen LogP contribution in [0.4, 0.5) is 0 Å². The van der Waals surface area contributed by atoms with Crippen LogP contribution in [0.2, 0.25) is 0 Å². The normalized spacial score (nSPS) is 36.4. The van der Waals surface area contributed by atoms with Crippen molar-refractivity contribution in [2.24, 2.45) is 5.92 Å². The van der Waals surface area contributed by atoms with Crippen LogP contribution >= 0.6 is 0 Å². The highest BCUT2D eigenvalue weighted by molar-refractivity contribution is 5.78. The monoisotopic (exact) mass is 239 g/mol. The molecule has 1 saturated heterocycles. The fraction of sp³-hybridized carbons (Fsp3) is 0.929. The third kappa shape index (κ3) is 2.65. The molecule has 3 heteroatoms. The van der Waals surface area contributed by atoms with Crippen LogP contribution in [0.15, 0.2) is 0 Å². The summed E-state index contributed by atoms with van der Waals surface area (Å²) in [5.74, 6) is 0.120. The summed E-state index contributed by atoms with van der Waals surface area (Å²) in [6.45, 7) is 4.23. The molecule has 2 atom stereocenters. The van der Waals surface area contributed by atoms with Gasteiger partial charge in [-0.05, 0) is 51.1 Å². The Morgan fingerprint density at radius 1 is 1.12 bits per heavy atom. The molecule has 1 saturated carbocycles. The quantitative estimate of drug-likeness (QED) is 0.753. The van der Waals surface area contributed by atoms with E-state index in [2.05, 4.69) is 11.8 Å². The van der Waals surface area contributed by atoms with Crippen molar-refractivity contribution >= 4 is 5.97 Å². The van der Waals surface area contributed by atoms with Crippen molar-refractivity contribution in [3.05, 3.63) is 0 Å². The first-order valence-corrected chi connectivity index (χ1v) is 7.13. The number of hydrogen-bond donors (Lipinski definition) is 1. The first kappa shape index (κ1) is 12.9. The third-order valence-electron chi connectivity index (χ3n) is 4.70. The van der Waals surface area contributed by atoms with E-state index in [0.717, 1.165) is 38.8 Å². The Balaban J connectivity index is 2.15. The van der Waals surface area contributed by atoms with Crippen LogP contribution in [-0.4, -0.2) is 34.6 Å². The molecule has 1 N–H and O–H groups in total. The number of carboxylic acids is 1. The molecule has 17 heavy (non-hydrogen) atoms. The summed E-state index contributed by atoms with van der Waals surface area (Å²) in [4.78, 5) is 14.1. The lowest BCUT2D eigenvalue weighted by Gasteiger charge is -2.42. The highest BCUT2D eigenvalue weighted by Crippen LogP contribution is 2.36. The standard InChI is InChI=1S/C14H25NO2/c1-12-6-5-8-14(9-7-12,13(16)17)15-10-3-2-4-11-15/h12H,2-11H2,1H3,(H,16,17). The van der Waals surface area contributed by atoms with E-state index in [9.17, 15) is 9.90 Å². The number of hydrogen-bond acceptors (Lipinski definition) is 2. The minimum atomic E-state index is -0.575. The molecule has 2 rings (SSSR count). The first-order chi connectivity index (χ1) is 8.15. The Morgan fingerprint density at radius 2 is 1.82 bits per heavy atom. The van der Waals surface area contributed by atoms with Crippen molar-refractivity contribution in [3.63, 3.8) is 0 Å². The van der Waals surface area contributed by atoms with E-state index in [-0.39, 0.29) is 0 Å². The fourth-order valence-corrected chi connectivity index (χ4v) is 3.48. The summed E-state index contributed by atoms with van der Waals surface area (Å²) in [5, 5.41) is 9.71. The maximum atomic E-state index is 11.8. The Hall–Kier alpha value is -0.570. The fourth-order valence-electron chi connectivity index (χ4n) is 3.48. The zero-order valence-corrected chi connectivity index (χ0v) is 11.0. The molecule has 0 aromatic rings. The number of aliphatic carboxylic acids is 1. The number of piperidine rings is 1. The molecule has 1 heterocycles. The highest BCUT2D eigenvalue weighted by atomic mass is 16.4. The molecule has 2 aliphatic rings. The maximum Gasteiger partial charge on any atom is 0.324 e. The van der Waals surface area contributed by atoms with Crippen molar-refractivity contribution in [1.29, 1.82) is 0 Å². The van der Waals surface area contributed by atoms with E-state index in [1.165, 1.54) is 25.7 Å². The van der Waals surface area contributed by atoms with Gasteiger partial charge in [0.25, 0.3) is 0 Å². The van der Waals surface area contributed by atoms with Crippen molar-refractivity contribution in [1.82, 2.24) is 4.90 Å². The number of rotatable bonds is 2. The van der Waals surface area contributed by atoms with Gasteiger partial charge in [-0.25, -0.2) is 0 Å². The topological polar surface area (TPSA) is 40.5 Å². The van der Waals surface area contributed by atoms with Gasteiger partial charge in [0, 0.05) is 0 Å². The Bertz CT molecular complexity index is 273. The molecule has 3 nitrogen and oxygen atoms in total. The molecule has 2 fully saturated rings. The molecule has 0 radical (unpaired) electrons. The molecule has 1 aliphatic heterocycles. The number of nitrogens with zero attached hydrogens (tertiary/aromatic N) is 1. The van der Waals surface area contributed by atoms with Gasteiger partial charge >= 0.3 is 5.97 Å². The second-order valence-electron chi connectivity index (χ2n) is 5.92. The summed E-state index contributed by atoms with van der Waals surface area (Å²) in [6.07, 6.45) is 8.66. The molecular formula is C14H25NO2. The van der Waals surface area contributed by atoms with Gasteiger partial charge in [0.15, 0.2) is 0 Å². The molecule has 0 amide bonds. The molecule has 0 aromatic carbocycles. The second kappa shape index (κ2) is 5.38. The zero-order valence-electron chi connectivity index (χ0n) is 11.0. The largest absolute Gasteiger partial charge is 0.480 e. The molecule has 98 valence electrons. The van der Waals surface area contributed by atoms with E-state index in [4.69, 9.17) is 0 Å². The lowest BCUT2D eigenvalue weighted by molar-refractivity contribution is -0.153. The predicted molar refractivity (Wildman–Crippen MR) is 68.0 cm³/mol. The highest BCUT2D eigenvalue weighted by Gasteiger charge is 2.44. The van der Waals surface area contributed by atoms with Gasteiger partial charge in [-0.15, -0.1) is 0 Å². The average molecular weight is 239 g/mol. The van der Waals surface area contributed by atoms with Crippen LogP contribution < -0.4 is 0 Å². The van der Waals surface area contributed by atoms with Gasteiger partial charge in [0.2, 0.25) is 0 Å². The first-order valence-electron chi connectivity index (χ1n) is 7.13. The van der Waals surface area contributed by atoms with Crippen LogP contribution in [0.3, 0.4) is 0 Å². The van der Waals surface area contributed by atoms with Gasteiger partial charge in [-0.1, -0.05) is 26.2 Å². The SMILES string of the molecule is CC1CCCC(C(=O)O)(N2CCCCC2)CC1. The summed E-state index contributed by atoms with van der Waals surface area (Å²) < 4.78 is 0. The van der Waals surface area contributed by atoms with Gasteiger partial charge in [0.1, 0.15) is 5.54 Å². The number of carboxylic acid groups (broad SMARTS) is 1. The number of carbonyl (C=O) groups is 1. The Labute approximate surface area is 104 Å². The van der Waals surface area contributed by atoms with E-state index < -0.39 is 11.5 Å². The summed E-state index contributed by atoms with van der Waals surface area (Å²) in [6, 6.07) is 0. The van der Waals surface area contributed by atoms with Crippen LogP contribution in [0.1, 0.15) is 58.3 Å². The Kier molecular flexibility index (Phi) is 4.08. The van der Waals surface area contributed by atoms with E-state index >= 15 is 0 Å². The van der Waals surface area contributed by atoms with Crippen molar-refractivity contribution in [2.75, 3.05) is 13.1 Å². The zero-order chi connectivity index (χ0) is 12.3. The Morgan fingerprint density at radius 3 is 2.47 bits per heavy atom. The number of likely N-dealkylation sites (tertiary alicyclic amines) is 1. The summed E-state index contributed by atoms with van der Waals surface area (Å²) in [5.41, 5.74) is -0.537. The van der Waals surface area contributed by atoms with Gasteiger partial charge in [-0.2, -0.15) is 0 Å². The predicted octanol–water partition coefficient (Wildman–Crippen LogP) is 2.90. The minimum absolute atomic E-state index is 0.537. The van der Waals surface area contributed by atoms with Crippen molar-refractivity contribution in [3.8, 4) is 0 Å². The molecule has 0 bridgehead atoms. The second-order valence-corrected chi connectivity index (χ2v) is 5.92. The maximum absolute atomic E-state index is 11.8. The lowest BCUT2D eigenvalue weighted by Crippen LogP contribution is -2.56. The molecule has 0 aromatic heterocycles. The molecule has 0 spiro atoms. The smallest absolute Gasteiger partial charge is 0.324 e. The third-order valence-corrected chi connectivity index (χ3v) is 4.70.